The number of ketones is 1. The van der Waals surface area contributed by atoms with Gasteiger partial charge in [-0.15, -0.1) is 5.10 Å². The van der Waals surface area contributed by atoms with E-state index in [1.54, 1.807) is 6.92 Å². The molecule has 1 heterocycles. The van der Waals surface area contributed by atoms with Crippen molar-refractivity contribution in [1.82, 2.24) is 14.8 Å². The Labute approximate surface area is 163 Å². The molecule has 1 aliphatic carbocycles. The van der Waals surface area contributed by atoms with Gasteiger partial charge in [0.15, 0.2) is 5.78 Å². The minimum atomic E-state index is -0.294. The number of Topliss-reactive ketones (excluding diaryl/α,β-unsaturated/α-hetero) is 1. The summed E-state index contributed by atoms with van der Waals surface area (Å²) in [6, 6.07) is 11.8. The lowest BCUT2D eigenvalue weighted by molar-refractivity contribution is -0.112. The molecule has 7 heteroatoms. The Kier molecular flexibility index (Phi) is 6.30. The Balaban J connectivity index is 1.84. The first-order valence-electron chi connectivity index (χ1n) is 9.15. The number of nitrogens with two attached hydrogens (primary N) is 1. The van der Waals surface area contributed by atoms with Crippen LogP contribution in [0.1, 0.15) is 50.8 Å². The second kappa shape index (κ2) is 8.87. The van der Waals surface area contributed by atoms with Gasteiger partial charge in [-0.25, -0.2) is 9.67 Å². The molecule has 2 aromatic rings. The Hall–Kier alpha value is -2.59. The molecule has 27 heavy (non-hydrogen) atoms. The minimum absolute atomic E-state index is 0.0116. The summed E-state index contributed by atoms with van der Waals surface area (Å²) in [5, 5.41) is 14.3. The van der Waals surface area contributed by atoms with E-state index in [2.05, 4.69) is 5.10 Å². The summed E-state index contributed by atoms with van der Waals surface area (Å²) in [5.74, 6) is 1.15. The van der Waals surface area contributed by atoms with Crippen molar-refractivity contribution < 1.29 is 4.79 Å². The molecule has 6 nitrogen and oxygen atoms in total. The van der Waals surface area contributed by atoms with Gasteiger partial charge >= 0.3 is 0 Å². The number of thioether (sulfide) groups is 1. The zero-order valence-electron chi connectivity index (χ0n) is 15.4. The van der Waals surface area contributed by atoms with Crippen LogP contribution in [0.5, 0.6) is 0 Å². The van der Waals surface area contributed by atoms with Crippen LogP contribution in [-0.4, -0.2) is 26.3 Å². The van der Waals surface area contributed by atoms with Crippen molar-refractivity contribution in [1.29, 1.82) is 5.26 Å². The third-order valence-corrected chi connectivity index (χ3v) is 5.54. The maximum Gasteiger partial charge on any atom is 0.209 e. The maximum absolute atomic E-state index is 12.2. The summed E-state index contributed by atoms with van der Waals surface area (Å²) < 4.78 is 1.90. The lowest BCUT2D eigenvalue weighted by Gasteiger charge is -2.21. The van der Waals surface area contributed by atoms with Crippen LogP contribution in [0.2, 0.25) is 0 Å². The molecule has 1 aromatic heterocycles. The molecule has 0 saturated heterocycles. The molecule has 2 N–H and O–H groups in total. The Morgan fingerprint density at radius 1 is 1.30 bits per heavy atom. The van der Waals surface area contributed by atoms with Crippen LogP contribution >= 0.6 is 11.8 Å². The van der Waals surface area contributed by atoms with Crippen LogP contribution < -0.4 is 5.73 Å². The summed E-state index contributed by atoms with van der Waals surface area (Å²) in [7, 11) is 0. The summed E-state index contributed by atoms with van der Waals surface area (Å²) in [6.45, 7) is 1.56. The molecular formula is C20H23N5OS. The number of hydrogen-bond donors (Lipinski definition) is 1. The number of benzene rings is 1. The smallest absolute Gasteiger partial charge is 0.209 e. The maximum atomic E-state index is 12.2. The molecule has 1 fully saturated rings. The van der Waals surface area contributed by atoms with Crippen LogP contribution in [0.4, 0.5) is 0 Å². The lowest BCUT2D eigenvalue weighted by atomic mass is 9.88. The van der Waals surface area contributed by atoms with Crippen LogP contribution in [0.3, 0.4) is 0 Å². The summed E-state index contributed by atoms with van der Waals surface area (Å²) in [4.78, 5) is 17.0. The van der Waals surface area contributed by atoms with E-state index >= 15 is 0 Å². The molecule has 140 valence electrons. The van der Waals surface area contributed by atoms with Crippen molar-refractivity contribution in [3.8, 4) is 11.8 Å². The van der Waals surface area contributed by atoms with Gasteiger partial charge in [0.2, 0.25) is 5.16 Å². The van der Waals surface area contributed by atoms with E-state index in [-0.39, 0.29) is 22.8 Å². The monoisotopic (exact) mass is 381 g/mol. The molecule has 1 saturated carbocycles. The predicted octanol–water partition coefficient (Wildman–Crippen LogP) is 3.73. The van der Waals surface area contributed by atoms with Gasteiger partial charge < -0.3 is 5.73 Å². The molecule has 1 aliphatic rings. The number of para-hydroxylation sites is 1. The number of hydrogen-bond acceptors (Lipinski definition) is 6. The predicted molar refractivity (Wildman–Crippen MR) is 105 cm³/mol. The second-order valence-electron chi connectivity index (χ2n) is 6.72. The Morgan fingerprint density at radius 3 is 2.63 bits per heavy atom. The van der Waals surface area contributed by atoms with Crippen LogP contribution in [0, 0.1) is 11.3 Å². The van der Waals surface area contributed by atoms with Crippen molar-refractivity contribution in [2.24, 2.45) is 5.73 Å². The third kappa shape index (κ3) is 4.58. The molecule has 0 spiro atoms. The Morgan fingerprint density at radius 2 is 2.00 bits per heavy atom. The fraction of sp³-hybridized carbons (Fsp3) is 0.400. The van der Waals surface area contributed by atoms with Crippen molar-refractivity contribution in [3.05, 3.63) is 47.4 Å². The zero-order chi connectivity index (χ0) is 19.2. The van der Waals surface area contributed by atoms with Crippen LogP contribution in [0.25, 0.3) is 5.69 Å². The van der Waals surface area contributed by atoms with Gasteiger partial charge in [-0.2, -0.15) is 5.26 Å². The highest BCUT2D eigenvalue weighted by Gasteiger charge is 2.24. The van der Waals surface area contributed by atoms with Crippen molar-refractivity contribution >= 4 is 17.5 Å². The van der Waals surface area contributed by atoms with Gasteiger partial charge in [0.05, 0.1) is 11.4 Å². The van der Waals surface area contributed by atoms with E-state index in [0.29, 0.717) is 11.1 Å². The first-order valence-corrected chi connectivity index (χ1v) is 10.1. The average molecular weight is 382 g/mol. The largest absolute Gasteiger partial charge is 0.401 e. The normalized spacial score (nSPS) is 15.9. The van der Waals surface area contributed by atoms with Crippen molar-refractivity contribution in [2.45, 2.75) is 50.1 Å². The highest BCUT2D eigenvalue weighted by molar-refractivity contribution is 7.99. The highest BCUT2D eigenvalue weighted by atomic mass is 32.2. The minimum Gasteiger partial charge on any atom is -0.401 e. The fourth-order valence-corrected chi connectivity index (χ4v) is 4.02. The van der Waals surface area contributed by atoms with Gasteiger partial charge in [0.25, 0.3) is 0 Å². The topological polar surface area (TPSA) is 97.6 Å². The molecule has 0 aliphatic heterocycles. The quantitative estimate of drug-likeness (QED) is 0.465. The molecule has 0 radical (unpaired) electrons. The van der Waals surface area contributed by atoms with E-state index in [4.69, 9.17) is 16.0 Å². The number of allylic oxidation sites excluding steroid dienone is 2. The highest BCUT2D eigenvalue weighted by Crippen LogP contribution is 2.33. The van der Waals surface area contributed by atoms with E-state index in [1.807, 2.05) is 41.1 Å². The molecule has 1 aromatic carbocycles. The van der Waals surface area contributed by atoms with E-state index < -0.39 is 0 Å². The van der Waals surface area contributed by atoms with Crippen LogP contribution in [-0.2, 0) is 4.79 Å². The number of rotatable bonds is 6. The molecule has 0 atom stereocenters. The summed E-state index contributed by atoms with van der Waals surface area (Å²) in [5.41, 5.74) is 6.84. The first-order chi connectivity index (χ1) is 13.1. The lowest BCUT2D eigenvalue weighted by Crippen LogP contribution is -2.12. The zero-order valence-corrected chi connectivity index (χ0v) is 16.2. The van der Waals surface area contributed by atoms with E-state index in [1.165, 1.54) is 31.0 Å². The fourth-order valence-electron chi connectivity index (χ4n) is 3.32. The SMILES string of the molecule is CC(N)=C(C#N)C(=O)CSc1nc(C2CCCCC2)n(-c2ccccc2)n1. The van der Waals surface area contributed by atoms with E-state index in [9.17, 15) is 4.79 Å². The molecule has 0 unspecified atom stereocenters. The van der Waals surface area contributed by atoms with Crippen LogP contribution in [0.15, 0.2) is 46.8 Å². The second-order valence-corrected chi connectivity index (χ2v) is 7.66. The molecule has 0 amide bonds. The number of nitriles is 1. The third-order valence-electron chi connectivity index (χ3n) is 4.70. The number of carbonyl (C=O) groups is 1. The standard InChI is InChI=1S/C20H23N5OS/c1-14(22)17(12-21)18(26)13-27-20-23-19(15-8-4-2-5-9-15)25(24-20)16-10-6-3-7-11-16/h3,6-7,10-11,15H,2,4-5,8-9,13,22H2,1H3. The van der Waals surface area contributed by atoms with Gasteiger partial charge in [-0.05, 0) is 31.9 Å². The number of nitrogens with zero attached hydrogens (tertiary/aromatic N) is 4. The van der Waals surface area contributed by atoms with Gasteiger partial charge in [0, 0.05) is 11.6 Å². The molecule has 3 rings (SSSR count). The molecule has 0 bridgehead atoms. The average Bonchev–Trinajstić information content (AvgIpc) is 3.12. The van der Waals surface area contributed by atoms with Gasteiger partial charge in [-0.1, -0.05) is 49.2 Å². The number of aromatic nitrogens is 3. The summed E-state index contributed by atoms with van der Waals surface area (Å²) in [6.07, 6.45) is 5.91. The van der Waals surface area contributed by atoms with E-state index in [0.717, 1.165) is 24.4 Å². The van der Waals surface area contributed by atoms with Gasteiger partial charge in [0.1, 0.15) is 17.5 Å². The Bertz CT molecular complexity index is 872. The first kappa shape index (κ1) is 19.2. The summed E-state index contributed by atoms with van der Waals surface area (Å²) >= 11 is 1.25. The molecular weight excluding hydrogens is 358 g/mol. The number of carbonyl (C=O) groups excluding carboxylic acids is 1. The van der Waals surface area contributed by atoms with Crippen molar-refractivity contribution in [2.75, 3.05) is 5.75 Å². The van der Waals surface area contributed by atoms with Crippen molar-refractivity contribution in [3.63, 3.8) is 0 Å². The van der Waals surface area contributed by atoms with Gasteiger partial charge in [-0.3, -0.25) is 4.79 Å².